The lowest BCUT2D eigenvalue weighted by Crippen LogP contribution is -2.55. The number of ether oxygens (including phenoxy) is 1. The molecule has 1 aliphatic rings. The number of rotatable bonds is 5. The van der Waals surface area contributed by atoms with Gasteiger partial charge in [-0.05, 0) is 25.2 Å². The summed E-state index contributed by atoms with van der Waals surface area (Å²) < 4.78 is 5.10. The number of hydrogen-bond donors (Lipinski definition) is 1. The molecule has 15 heavy (non-hydrogen) atoms. The summed E-state index contributed by atoms with van der Waals surface area (Å²) in [5, 5.41) is 0. The van der Waals surface area contributed by atoms with Crippen molar-refractivity contribution in [3.63, 3.8) is 0 Å². The molecule has 0 spiro atoms. The van der Waals surface area contributed by atoms with Gasteiger partial charge in [-0.3, -0.25) is 4.79 Å². The van der Waals surface area contributed by atoms with E-state index in [4.69, 9.17) is 10.5 Å². The van der Waals surface area contributed by atoms with Gasteiger partial charge in [-0.15, -0.1) is 0 Å². The van der Waals surface area contributed by atoms with Gasteiger partial charge in [0.2, 0.25) is 0 Å². The number of hydrogen-bond acceptors (Lipinski definition) is 3. The molecule has 0 aliphatic heterocycles. The Hall–Kier alpha value is -0.570. The molecule has 0 radical (unpaired) electrons. The largest absolute Gasteiger partial charge is 0.466 e. The Kier molecular flexibility index (Phi) is 3.77. The van der Waals surface area contributed by atoms with Crippen LogP contribution in [0.4, 0.5) is 0 Å². The molecule has 0 atom stereocenters. The van der Waals surface area contributed by atoms with E-state index in [0.29, 0.717) is 18.6 Å². The van der Waals surface area contributed by atoms with E-state index >= 15 is 0 Å². The molecule has 0 aromatic rings. The third-order valence-electron chi connectivity index (χ3n) is 4.03. The highest BCUT2D eigenvalue weighted by atomic mass is 16.5. The monoisotopic (exact) mass is 213 g/mol. The SMILES string of the molecule is CCOC(=O)C1(CN)CC(CC)(CC)C1. The quantitative estimate of drug-likeness (QED) is 0.711. The van der Waals surface area contributed by atoms with Gasteiger partial charge >= 0.3 is 5.97 Å². The lowest BCUT2D eigenvalue weighted by Gasteiger charge is -2.54. The second-order valence-corrected chi connectivity index (χ2v) is 4.77. The van der Waals surface area contributed by atoms with Crippen molar-refractivity contribution in [3.05, 3.63) is 0 Å². The van der Waals surface area contributed by atoms with Crippen molar-refractivity contribution in [1.29, 1.82) is 0 Å². The predicted molar refractivity (Wildman–Crippen MR) is 60.4 cm³/mol. The van der Waals surface area contributed by atoms with Gasteiger partial charge in [-0.2, -0.15) is 0 Å². The second kappa shape index (κ2) is 4.52. The Balaban J connectivity index is 2.65. The zero-order chi connectivity index (χ0) is 11.5. The third kappa shape index (κ3) is 2.03. The van der Waals surface area contributed by atoms with E-state index in [1.807, 2.05) is 6.92 Å². The number of carbonyl (C=O) groups is 1. The zero-order valence-corrected chi connectivity index (χ0v) is 10.1. The van der Waals surface area contributed by atoms with Crippen molar-refractivity contribution in [2.24, 2.45) is 16.6 Å². The third-order valence-corrected chi connectivity index (χ3v) is 4.03. The van der Waals surface area contributed by atoms with Gasteiger partial charge in [0.1, 0.15) is 0 Å². The molecule has 2 N–H and O–H groups in total. The maximum absolute atomic E-state index is 11.8. The molecule has 0 bridgehead atoms. The van der Waals surface area contributed by atoms with E-state index in [1.165, 1.54) is 0 Å². The van der Waals surface area contributed by atoms with Crippen LogP contribution in [-0.4, -0.2) is 19.1 Å². The molecule has 0 heterocycles. The highest BCUT2D eigenvalue weighted by Crippen LogP contribution is 2.58. The maximum atomic E-state index is 11.8. The van der Waals surface area contributed by atoms with Crippen LogP contribution in [0, 0.1) is 10.8 Å². The van der Waals surface area contributed by atoms with Crippen LogP contribution in [0.15, 0.2) is 0 Å². The van der Waals surface area contributed by atoms with Crippen LogP contribution in [0.5, 0.6) is 0 Å². The van der Waals surface area contributed by atoms with E-state index < -0.39 is 0 Å². The standard InChI is InChI=1S/C12H23NO2/c1-4-11(5-2)7-12(8-11,9-13)10(14)15-6-3/h4-9,13H2,1-3H3. The minimum absolute atomic E-state index is 0.0926. The molecule has 88 valence electrons. The minimum Gasteiger partial charge on any atom is -0.466 e. The van der Waals surface area contributed by atoms with Crippen molar-refractivity contribution in [1.82, 2.24) is 0 Å². The molecule has 0 aromatic carbocycles. The van der Waals surface area contributed by atoms with Crippen molar-refractivity contribution in [2.75, 3.05) is 13.2 Å². The first-order chi connectivity index (χ1) is 7.08. The van der Waals surface area contributed by atoms with Gasteiger partial charge in [0.25, 0.3) is 0 Å². The number of esters is 1. The first kappa shape index (κ1) is 12.5. The predicted octanol–water partition coefficient (Wildman–Crippen LogP) is 2.09. The molecule has 1 aliphatic carbocycles. The van der Waals surface area contributed by atoms with Gasteiger partial charge in [-0.1, -0.05) is 26.7 Å². The summed E-state index contributed by atoms with van der Waals surface area (Å²) in [4.78, 5) is 11.8. The molecule has 0 aromatic heterocycles. The smallest absolute Gasteiger partial charge is 0.313 e. The van der Waals surface area contributed by atoms with Crippen molar-refractivity contribution < 1.29 is 9.53 Å². The van der Waals surface area contributed by atoms with Crippen LogP contribution in [0.3, 0.4) is 0 Å². The average Bonchev–Trinajstić information content (AvgIpc) is 2.19. The number of carbonyl (C=O) groups excluding carboxylic acids is 1. The van der Waals surface area contributed by atoms with Crippen molar-refractivity contribution in [2.45, 2.75) is 46.5 Å². The Bertz CT molecular complexity index is 226. The van der Waals surface area contributed by atoms with Crippen LogP contribution in [-0.2, 0) is 9.53 Å². The van der Waals surface area contributed by atoms with Crippen LogP contribution in [0.2, 0.25) is 0 Å². The van der Waals surface area contributed by atoms with Crippen LogP contribution >= 0.6 is 0 Å². The first-order valence-electron chi connectivity index (χ1n) is 5.95. The summed E-state index contributed by atoms with van der Waals surface area (Å²) in [6.07, 6.45) is 4.07. The van der Waals surface area contributed by atoms with Crippen LogP contribution < -0.4 is 5.73 Å². The van der Waals surface area contributed by atoms with Gasteiger partial charge < -0.3 is 10.5 Å². The van der Waals surface area contributed by atoms with Gasteiger partial charge in [0, 0.05) is 6.54 Å². The molecule has 0 amide bonds. The average molecular weight is 213 g/mol. The molecule has 0 unspecified atom stereocenters. The second-order valence-electron chi connectivity index (χ2n) is 4.77. The van der Waals surface area contributed by atoms with Gasteiger partial charge in [-0.25, -0.2) is 0 Å². The highest BCUT2D eigenvalue weighted by molar-refractivity contribution is 5.78. The van der Waals surface area contributed by atoms with Crippen LogP contribution in [0.25, 0.3) is 0 Å². The first-order valence-corrected chi connectivity index (χ1v) is 5.95. The molecule has 1 fully saturated rings. The van der Waals surface area contributed by atoms with Crippen molar-refractivity contribution >= 4 is 5.97 Å². The summed E-state index contributed by atoms with van der Waals surface area (Å²) in [6, 6.07) is 0. The fourth-order valence-electron chi connectivity index (χ4n) is 2.79. The Morgan fingerprint density at radius 1 is 1.27 bits per heavy atom. The zero-order valence-electron chi connectivity index (χ0n) is 10.1. The van der Waals surface area contributed by atoms with Gasteiger partial charge in [0.05, 0.1) is 12.0 Å². The Labute approximate surface area is 92.4 Å². The Morgan fingerprint density at radius 3 is 2.13 bits per heavy atom. The fourth-order valence-corrected chi connectivity index (χ4v) is 2.79. The molecule has 1 rings (SSSR count). The van der Waals surface area contributed by atoms with Gasteiger partial charge in [0.15, 0.2) is 0 Å². The van der Waals surface area contributed by atoms with E-state index in [9.17, 15) is 4.79 Å². The van der Waals surface area contributed by atoms with Crippen LogP contribution in [0.1, 0.15) is 46.5 Å². The van der Waals surface area contributed by atoms with E-state index in [-0.39, 0.29) is 11.4 Å². The lowest BCUT2D eigenvalue weighted by atomic mass is 9.50. The fraction of sp³-hybridized carbons (Fsp3) is 0.917. The number of nitrogens with two attached hydrogens (primary N) is 1. The summed E-state index contributed by atoms with van der Waals surface area (Å²) in [7, 11) is 0. The van der Waals surface area contributed by atoms with E-state index in [0.717, 1.165) is 25.7 Å². The molecular weight excluding hydrogens is 190 g/mol. The Morgan fingerprint density at radius 2 is 1.80 bits per heavy atom. The molecule has 1 saturated carbocycles. The van der Waals surface area contributed by atoms with Crippen molar-refractivity contribution in [3.8, 4) is 0 Å². The molecule has 0 saturated heterocycles. The molecule has 3 heteroatoms. The minimum atomic E-state index is -0.373. The summed E-state index contributed by atoms with van der Waals surface area (Å²) >= 11 is 0. The highest BCUT2D eigenvalue weighted by Gasteiger charge is 2.56. The van der Waals surface area contributed by atoms with E-state index in [2.05, 4.69) is 13.8 Å². The van der Waals surface area contributed by atoms with E-state index in [1.54, 1.807) is 0 Å². The normalized spacial score (nSPS) is 21.9. The lowest BCUT2D eigenvalue weighted by molar-refractivity contribution is -0.172. The molecule has 3 nitrogen and oxygen atoms in total. The summed E-state index contributed by atoms with van der Waals surface area (Å²) in [5.41, 5.74) is 5.70. The summed E-state index contributed by atoms with van der Waals surface area (Å²) in [5.74, 6) is -0.0926. The maximum Gasteiger partial charge on any atom is 0.313 e. The summed E-state index contributed by atoms with van der Waals surface area (Å²) in [6.45, 7) is 7.09. The topological polar surface area (TPSA) is 52.3 Å². The molecular formula is C12H23NO2.